The van der Waals surface area contributed by atoms with Crippen LogP contribution in [0.25, 0.3) is 0 Å². The summed E-state index contributed by atoms with van der Waals surface area (Å²) in [5.74, 6) is 0.288. The molecule has 1 N–H and O–H groups in total. The van der Waals surface area contributed by atoms with Gasteiger partial charge in [0, 0.05) is 12.1 Å². The molecule has 0 aliphatic carbocycles. The zero-order valence-corrected chi connectivity index (χ0v) is 12.3. The van der Waals surface area contributed by atoms with Gasteiger partial charge in [-0.15, -0.1) is 0 Å². The Bertz CT molecular complexity index is 590. The third-order valence-electron chi connectivity index (χ3n) is 3.74. The first kappa shape index (κ1) is 14.3. The summed E-state index contributed by atoms with van der Waals surface area (Å²) in [6.45, 7) is 6.17. The summed E-state index contributed by atoms with van der Waals surface area (Å²) in [6, 6.07) is 16.1. The van der Waals surface area contributed by atoms with Gasteiger partial charge in [-0.2, -0.15) is 0 Å². The minimum absolute atomic E-state index is 0.0649. The molecule has 0 spiro atoms. The fourth-order valence-corrected chi connectivity index (χ4v) is 2.27. The van der Waals surface area contributed by atoms with E-state index in [2.05, 4.69) is 37.4 Å². The lowest BCUT2D eigenvalue weighted by molar-refractivity contribution is -0.116. The van der Waals surface area contributed by atoms with Crippen LogP contribution >= 0.6 is 0 Å². The highest BCUT2D eigenvalue weighted by Crippen LogP contribution is 2.21. The Kier molecular flexibility index (Phi) is 4.57. The molecule has 0 unspecified atom stereocenters. The third-order valence-corrected chi connectivity index (χ3v) is 3.74. The van der Waals surface area contributed by atoms with Gasteiger partial charge in [0.15, 0.2) is 0 Å². The van der Waals surface area contributed by atoms with Crippen LogP contribution in [0.15, 0.2) is 48.5 Å². The highest BCUT2D eigenvalue weighted by Gasteiger charge is 2.12. The number of amides is 1. The van der Waals surface area contributed by atoms with Crippen molar-refractivity contribution in [1.82, 2.24) is 0 Å². The molecule has 0 heterocycles. The molecule has 2 nitrogen and oxygen atoms in total. The van der Waals surface area contributed by atoms with Crippen molar-refractivity contribution in [2.45, 2.75) is 33.1 Å². The van der Waals surface area contributed by atoms with Gasteiger partial charge in [0.25, 0.3) is 0 Å². The van der Waals surface area contributed by atoms with Crippen molar-refractivity contribution in [2.75, 3.05) is 5.32 Å². The number of rotatable bonds is 4. The van der Waals surface area contributed by atoms with Gasteiger partial charge in [-0.25, -0.2) is 0 Å². The molecule has 0 fully saturated rings. The molecule has 2 aromatic rings. The fraction of sp³-hybridized carbons (Fsp3) is 0.278. The molecule has 0 saturated heterocycles. The Morgan fingerprint density at radius 1 is 1.05 bits per heavy atom. The second kappa shape index (κ2) is 6.38. The average Bonchev–Trinajstić information content (AvgIpc) is 2.45. The molecule has 0 bridgehead atoms. The Balaban J connectivity index is 2.01. The normalized spacial score (nSPS) is 11.9. The summed E-state index contributed by atoms with van der Waals surface area (Å²) in [4.78, 5) is 12.1. The summed E-state index contributed by atoms with van der Waals surface area (Å²) in [7, 11) is 0. The van der Waals surface area contributed by atoms with E-state index in [-0.39, 0.29) is 11.8 Å². The molecular formula is C18H21NO. The molecule has 2 aromatic carbocycles. The van der Waals surface area contributed by atoms with Gasteiger partial charge in [0.05, 0.1) is 0 Å². The second-order valence-corrected chi connectivity index (χ2v) is 5.31. The van der Waals surface area contributed by atoms with Crippen LogP contribution < -0.4 is 5.32 Å². The number of aryl methyl sites for hydroxylation is 1. The minimum Gasteiger partial charge on any atom is -0.326 e. The predicted octanol–water partition coefficient (Wildman–Crippen LogP) is 4.44. The van der Waals surface area contributed by atoms with Gasteiger partial charge in [0.2, 0.25) is 5.91 Å². The number of carbonyl (C=O) groups excluding carboxylic acids is 1. The number of hydrogen-bond donors (Lipinski definition) is 1. The molecule has 2 rings (SSSR count). The summed E-state index contributed by atoms with van der Waals surface area (Å²) in [5.41, 5.74) is 4.44. The lowest BCUT2D eigenvalue weighted by Gasteiger charge is -2.14. The van der Waals surface area contributed by atoms with E-state index >= 15 is 0 Å². The average molecular weight is 267 g/mol. The Morgan fingerprint density at radius 3 is 2.45 bits per heavy atom. The lowest BCUT2D eigenvalue weighted by atomic mass is 9.97. The summed E-state index contributed by atoms with van der Waals surface area (Å²) >= 11 is 0. The van der Waals surface area contributed by atoms with Crippen LogP contribution in [0.1, 0.15) is 36.0 Å². The zero-order valence-electron chi connectivity index (χ0n) is 12.3. The van der Waals surface area contributed by atoms with Gasteiger partial charge in [-0.05, 0) is 42.5 Å². The van der Waals surface area contributed by atoms with Crippen molar-refractivity contribution < 1.29 is 4.79 Å². The maximum absolute atomic E-state index is 12.1. The maximum atomic E-state index is 12.1. The second-order valence-electron chi connectivity index (χ2n) is 5.31. The van der Waals surface area contributed by atoms with Gasteiger partial charge in [0.1, 0.15) is 0 Å². The fourth-order valence-electron chi connectivity index (χ4n) is 2.27. The Hall–Kier alpha value is -2.09. The number of nitrogens with one attached hydrogen (secondary N) is 1. The predicted molar refractivity (Wildman–Crippen MR) is 84.0 cm³/mol. The maximum Gasteiger partial charge on any atom is 0.224 e. The van der Waals surface area contributed by atoms with Crippen LogP contribution in [0.2, 0.25) is 0 Å². The molecule has 104 valence electrons. The van der Waals surface area contributed by atoms with Crippen LogP contribution in [0, 0.1) is 13.8 Å². The van der Waals surface area contributed by atoms with Crippen LogP contribution in [0.4, 0.5) is 5.69 Å². The van der Waals surface area contributed by atoms with Gasteiger partial charge >= 0.3 is 0 Å². The number of carbonyl (C=O) groups is 1. The van der Waals surface area contributed by atoms with Crippen molar-refractivity contribution in [2.24, 2.45) is 0 Å². The Labute approximate surface area is 120 Å². The van der Waals surface area contributed by atoms with Crippen molar-refractivity contribution in [1.29, 1.82) is 0 Å². The molecule has 20 heavy (non-hydrogen) atoms. The molecule has 0 radical (unpaired) electrons. The van der Waals surface area contributed by atoms with E-state index in [0.717, 1.165) is 11.3 Å². The van der Waals surface area contributed by atoms with E-state index in [1.54, 1.807) is 0 Å². The van der Waals surface area contributed by atoms with Crippen LogP contribution in [0.5, 0.6) is 0 Å². The zero-order chi connectivity index (χ0) is 14.5. The largest absolute Gasteiger partial charge is 0.326 e. The lowest BCUT2D eigenvalue weighted by Crippen LogP contribution is -2.15. The van der Waals surface area contributed by atoms with Crippen LogP contribution in [0.3, 0.4) is 0 Å². The van der Waals surface area contributed by atoms with E-state index in [0.29, 0.717) is 6.42 Å². The minimum atomic E-state index is 0.0649. The summed E-state index contributed by atoms with van der Waals surface area (Å²) in [5, 5.41) is 3.01. The van der Waals surface area contributed by atoms with E-state index in [1.165, 1.54) is 11.1 Å². The van der Waals surface area contributed by atoms with Crippen LogP contribution in [-0.4, -0.2) is 5.91 Å². The number of hydrogen-bond acceptors (Lipinski definition) is 1. The van der Waals surface area contributed by atoms with Gasteiger partial charge in [-0.1, -0.05) is 49.4 Å². The molecular weight excluding hydrogens is 246 g/mol. The van der Waals surface area contributed by atoms with Gasteiger partial charge < -0.3 is 5.32 Å². The smallest absolute Gasteiger partial charge is 0.224 e. The third kappa shape index (κ3) is 3.47. The molecule has 1 amide bonds. The highest BCUT2D eigenvalue weighted by molar-refractivity contribution is 5.92. The summed E-state index contributed by atoms with van der Waals surface area (Å²) in [6.07, 6.45) is 0.497. The Morgan fingerprint density at radius 2 is 1.75 bits per heavy atom. The standard InChI is InChI=1S/C18H21NO/c1-13-8-7-11-17(15(13)3)19-18(20)12-14(2)16-9-5-4-6-10-16/h4-11,14H,12H2,1-3H3,(H,19,20)/t14-/m1/s1. The number of anilines is 1. The first-order valence-electron chi connectivity index (χ1n) is 6.99. The highest BCUT2D eigenvalue weighted by atomic mass is 16.1. The van der Waals surface area contributed by atoms with Crippen molar-refractivity contribution in [3.05, 3.63) is 65.2 Å². The topological polar surface area (TPSA) is 29.1 Å². The number of benzene rings is 2. The molecule has 0 aliphatic heterocycles. The van der Waals surface area contributed by atoms with Crippen molar-refractivity contribution in [3.8, 4) is 0 Å². The van der Waals surface area contributed by atoms with E-state index in [4.69, 9.17) is 0 Å². The van der Waals surface area contributed by atoms with E-state index < -0.39 is 0 Å². The van der Waals surface area contributed by atoms with Crippen molar-refractivity contribution in [3.63, 3.8) is 0 Å². The molecule has 2 heteroatoms. The van der Waals surface area contributed by atoms with Gasteiger partial charge in [-0.3, -0.25) is 4.79 Å². The quantitative estimate of drug-likeness (QED) is 0.872. The first-order chi connectivity index (χ1) is 9.58. The van der Waals surface area contributed by atoms with Crippen molar-refractivity contribution >= 4 is 11.6 Å². The molecule has 0 aliphatic rings. The van der Waals surface area contributed by atoms with E-state index in [9.17, 15) is 4.79 Å². The van der Waals surface area contributed by atoms with Crippen LogP contribution in [-0.2, 0) is 4.79 Å². The molecule has 0 aromatic heterocycles. The van der Waals surface area contributed by atoms with E-state index in [1.807, 2.05) is 37.3 Å². The first-order valence-corrected chi connectivity index (χ1v) is 6.99. The SMILES string of the molecule is Cc1cccc(NC(=O)C[C@@H](C)c2ccccc2)c1C. The summed E-state index contributed by atoms with van der Waals surface area (Å²) < 4.78 is 0. The molecule has 1 atom stereocenters. The monoisotopic (exact) mass is 267 g/mol. The molecule has 0 saturated carbocycles.